The van der Waals surface area contributed by atoms with E-state index in [4.69, 9.17) is 11.6 Å². The van der Waals surface area contributed by atoms with Crippen LogP contribution in [0.4, 0.5) is 13.2 Å². The van der Waals surface area contributed by atoms with Gasteiger partial charge in [-0.25, -0.2) is 15.0 Å². The molecule has 0 amide bonds. The van der Waals surface area contributed by atoms with Crippen LogP contribution in [-0.4, -0.2) is 19.5 Å². The number of aryl methyl sites for hydroxylation is 1. The molecule has 0 atom stereocenters. The first-order chi connectivity index (χ1) is 8.36. The van der Waals surface area contributed by atoms with E-state index in [-0.39, 0.29) is 17.3 Å². The van der Waals surface area contributed by atoms with Crippen LogP contribution in [0.1, 0.15) is 17.3 Å². The van der Waals surface area contributed by atoms with E-state index >= 15 is 0 Å². The van der Waals surface area contributed by atoms with Crippen LogP contribution in [0.5, 0.6) is 0 Å². The number of nitrogens with zero attached hydrogens (tertiary/aromatic N) is 4. The van der Waals surface area contributed by atoms with E-state index in [1.807, 2.05) is 0 Å². The van der Waals surface area contributed by atoms with Gasteiger partial charge in [0.15, 0.2) is 0 Å². The Morgan fingerprint density at radius 3 is 2.61 bits per heavy atom. The molecule has 0 aliphatic heterocycles. The molecule has 96 valence electrons. The maximum atomic E-state index is 12.5. The Kier molecular flexibility index (Phi) is 3.25. The van der Waals surface area contributed by atoms with E-state index in [0.717, 1.165) is 0 Å². The lowest BCUT2D eigenvalue weighted by atomic mass is 10.3. The zero-order chi connectivity index (χ0) is 13.3. The number of aromatic nitrogens is 4. The fourth-order valence-electron chi connectivity index (χ4n) is 1.41. The molecule has 2 rings (SSSR count). The molecule has 0 radical (unpaired) electrons. The Balaban J connectivity index is 2.35. The summed E-state index contributed by atoms with van der Waals surface area (Å²) >= 11 is 5.56. The van der Waals surface area contributed by atoms with Crippen molar-refractivity contribution >= 4 is 11.6 Å². The highest BCUT2D eigenvalue weighted by Crippen LogP contribution is 2.27. The average Bonchev–Trinajstić information content (AvgIpc) is 2.62. The van der Waals surface area contributed by atoms with Crippen LogP contribution in [0.2, 0.25) is 5.15 Å². The highest BCUT2D eigenvalue weighted by Gasteiger charge is 2.35. The molecule has 0 saturated carbocycles. The van der Waals surface area contributed by atoms with Crippen LogP contribution < -0.4 is 0 Å². The molecule has 18 heavy (non-hydrogen) atoms. The molecule has 0 aliphatic carbocycles. The van der Waals surface area contributed by atoms with Gasteiger partial charge in [0.25, 0.3) is 0 Å². The van der Waals surface area contributed by atoms with Crippen LogP contribution in [0, 0.1) is 0 Å². The third kappa shape index (κ3) is 2.79. The summed E-state index contributed by atoms with van der Waals surface area (Å²) in [6.07, 6.45) is -1.19. The standard InChI is InChI=1S/C10H8ClF3N4/c1-18-3-2-15-8(18)5-6-4-7(11)17-9(16-6)10(12,13)14/h2-4H,5H2,1H3. The van der Waals surface area contributed by atoms with Crippen molar-refractivity contribution in [2.75, 3.05) is 0 Å². The summed E-state index contributed by atoms with van der Waals surface area (Å²) in [4.78, 5) is 10.6. The van der Waals surface area contributed by atoms with Gasteiger partial charge in [0.1, 0.15) is 11.0 Å². The number of alkyl halides is 3. The molecule has 0 saturated heterocycles. The Morgan fingerprint density at radius 2 is 2.06 bits per heavy atom. The first-order valence-corrected chi connectivity index (χ1v) is 5.31. The van der Waals surface area contributed by atoms with E-state index in [1.54, 1.807) is 24.0 Å². The summed E-state index contributed by atoms with van der Waals surface area (Å²) in [5.41, 5.74) is 0.177. The molecule has 0 spiro atoms. The van der Waals surface area contributed by atoms with Crippen molar-refractivity contribution in [2.45, 2.75) is 12.6 Å². The first-order valence-electron chi connectivity index (χ1n) is 4.93. The molecule has 2 heterocycles. The summed E-state index contributed by atoms with van der Waals surface area (Å²) in [6.45, 7) is 0. The van der Waals surface area contributed by atoms with Crippen molar-refractivity contribution in [3.05, 3.63) is 41.0 Å². The minimum atomic E-state index is -4.61. The van der Waals surface area contributed by atoms with Crippen molar-refractivity contribution in [2.24, 2.45) is 7.05 Å². The third-order valence-electron chi connectivity index (χ3n) is 2.26. The highest BCUT2D eigenvalue weighted by atomic mass is 35.5. The topological polar surface area (TPSA) is 43.6 Å². The second kappa shape index (κ2) is 4.56. The van der Waals surface area contributed by atoms with Crippen LogP contribution in [0.3, 0.4) is 0 Å². The van der Waals surface area contributed by atoms with Crippen LogP contribution in [0.15, 0.2) is 18.5 Å². The molecule has 0 aliphatic rings. The lowest BCUT2D eigenvalue weighted by Gasteiger charge is -2.07. The van der Waals surface area contributed by atoms with Crippen molar-refractivity contribution < 1.29 is 13.2 Å². The van der Waals surface area contributed by atoms with Gasteiger partial charge < -0.3 is 4.57 Å². The molecular formula is C10H8ClF3N4. The fourth-order valence-corrected chi connectivity index (χ4v) is 1.62. The van der Waals surface area contributed by atoms with E-state index in [1.165, 1.54) is 6.07 Å². The number of rotatable bonds is 2. The van der Waals surface area contributed by atoms with Gasteiger partial charge in [0.05, 0.1) is 5.69 Å². The molecule has 0 aromatic carbocycles. The summed E-state index contributed by atoms with van der Waals surface area (Å²) in [5, 5.41) is -0.235. The SMILES string of the molecule is Cn1ccnc1Cc1cc(Cl)nc(C(F)(F)F)n1. The summed E-state index contributed by atoms with van der Waals surface area (Å²) < 4.78 is 39.2. The van der Waals surface area contributed by atoms with E-state index in [9.17, 15) is 13.2 Å². The predicted octanol–water partition coefficient (Wildman–Crippen LogP) is 2.47. The van der Waals surface area contributed by atoms with Crippen molar-refractivity contribution in [3.8, 4) is 0 Å². The van der Waals surface area contributed by atoms with E-state index in [2.05, 4.69) is 15.0 Å². The van der Waals surface area contributed by atoms with Gasteiger partial charge in [-0.3, -0.25) is 0 Å². The quantitative estimate of drug-likeness (QED) is 0.792. The maximum absolute atomic E-state index is 12.5. The molecule has 2 aromatic rings. The van der Waals surface area contributed by atoms with Gasteiger partial charge in [0.2, 0.25) is 5.82 Å². The Bertz CT molecular complexity index is 564. The molecule has 0 unspecified atom stereocenters. The normalized spacial score (nSPS) is 11.8. The van der Waals surface area contributed by atoms with Crippen molar-refractivity contribution in [1.29, 1.82) is 0 Å². The molecular weight excluding hydrogens is 269 g/mol. The summed E-state index contributed by atoms with van der Waals surface area (Å²) in [7, 11) is 1.75. The van der Waals surface area contributed by atoms with Crippen molar-refractivity contribution in [1.82, 2.24) is 19.5 Å². The van der Waals surface area contributed by atoms with E-state index < -0.39 is 12.0 Å². The van der Waals surface area contributed by atoms with Gasteiger partial charge in [-0.15, -0.1) is 0 Å². The van der Waals surface area contributed by atoms with Crippen LogP contribution in [-0.2, 0) is 19.6 Å². The molecule has 0 fully saturated rings. The Morgan fingerprint density at radius 1 is 1.33 bits per heavy atom. The maximum Gasteiger partial charge on any atom is 0.451 e. The zero-order valence-corrected chi connectivity index (χ0v) is 10.00. The molecule has 0 N–H and O–H groups in total. The molecule has 8 heteroatoms. The smallest absolute Gasteiger partial charge is 0.338 e. The van der Waals surface area contributed by atoms with Gasteiger partial charge in [-0.2, -0.15) is 13.2 Å². The summed E-state index contributed by atoms with van der Waals surface area (Å²) in [6, 6.07) is 1.30. The summed E-state index contributed by atoms with van der Waals surface area (Å²) in [5.74, 6) is -0.642. The van der Waals surface area contributed by atoms with Crippen LogP contribution >= 0.6 is 11.6 Å². The third-order valence-corrected chi connectivity index (χ3v) is 2.46. The van der Waals surface area contributed by atoms with Gasteiger partial charge >= 0.3 is 6.18 Å². The Hall–Kier alpha value is -1.63. The van der Waals surface area contributed by atoms with Crippen molar-refractivity contribution in [3.63, 3.8) is 0 Å². The number of halogens is 4. The monoisotopic (exact) mass is 276 g/mol. The lowest BCUT2D eigenvalue weighted by Crippen LogP contribution is -2.13. The Labute approximate surface area is 105 Å². The predicted molar refractivity (Wildman–Crippen MR) is 58.1 cm³/mol. The minimum absolute atomic E-state index is 0.162. The number of imidazole rings is 1. The van der Waals surface area contributed by atoms with Gasteiger partial charge in [-0.05, 0) is 6.07 Å². The molecule has 4 nitrogen and oxygen atoms in total. The fraction of sp³-hybridized carbons (Fsp3) is 0.300. The van der Waals surface area contributed by atoms with Crippen LogP contribution in [0.25, 0.3) is 0 Å². The second-order valence-electron chi connectivity index (χ2n) is 3.63. The lowest BCUT2D eigenvalue weighted by molar-refractivity contribution is -0.145. The van der Waals surface area contributed by atoms with E-state index in [0.29, 0.717) is 5.82 Å². The number of hydrogen-bond acceptors (Lipinski definition) is 3. The zero-order valence-electron chi connectivity index (χ0n) is 9.24. The highest BCUT2D eigenvalue weighted by molar-refractivity contribution is 6.29. The molecule has 2 aromatic heterocycles. The number of hydrogen-bond donors (Lipinski definition) is 0. The minimum Gasteiger partial charge on any atom is -0.338 e. The first kappa shape index (κ1) is 12.8. The van der Waals surface area contributed by atoms with Gasteiger partial charge in [-0.1, -0.05) is 11.6 Å². The second-order valence-corrected chi connectivity index (χ2v) is 4.02. The van der Waals surface area contributed by atoms with Gasteiger partial charge in [0, 0.05) is 25.9 Å². The molecule has 0 bridgehead atoms. The average molecular weight is 277 g/mol. The largest absolute Gasteiger partial charge is 0.451 e.